The molecule has 0 aliphatic carbocycles. The fourth-order valence-corrected chi connectivity index (χ4v) is 3.64. The molecule has 0 spiro atoms. The Labute approximate surface area is 183 Å². The van der Waals surface area contributed by atoms with Gasteiger partial charge in [0.2, 0.25) is 0 Å². The molecular formula is C27H26N2O2. The smallest absolute Gasteiger partial charge is 0.282 e. The summed E-state index contributed by atoms with van der Waals surface area (Å²) >= 11 is 0. The zero-order valence-electron chi connectivity index (χ0n) is 18.3. The molecule has 0 fully saturated rings. The van der Waals surface area contributed by atoms with E-state index >= 15 is 0 Å². The van der Waals surface area contributed by atoms with Crippen LogP contribution in [-0.2, 0) is 15.0 Å². The Balaban J connectivity index is 1.75. The first-order valence-electron chi connectivity index (χ1n) is 10.4. The number of hydrogen-bond acceptors (Lipinski definition) is 3. The van der Waals surface area contributed by atoms with Crippen LogP contribution in [0, 0.1) is 6.92 Å². The number of aryl methyl sites for hydroxylation is 1. The number of rotatable bonds is 4. The Morgan fingerprint density at radius 1 is 0.742 bits per heavy atom. The summed E-state index contributed by atoms with van der Waals surface area (Å²) in [5.41, 5.74) is 5.02. The van der Waals surface area contributed by atoms with Crippen LogP contribution in [0.2, 0.25) is 0 Å². The molecule has 0 unspecified atom stereocenters. The topological polar surface area (TPSA) is 49.4 Å². The highest BCUT2D eigenvalue weighted by Crippen LogP contribution is 2.34. The molecule has 1 heterocycles. The fourth-order valence-electron chi connectivity index (χ4n) is 3.64. The predicted molar refractivity (Wildman–Crippen MR) is 126 cm³/mol. The number of nitrogens with one attached hydrogen (secondary N) is 1. The molecular weight excluding hydrogens is 384 g/mol. The number of imide groups is 1. The van der Waals surface area contributed by atoms with Crippen LogP contribution in [-0.4, -0.2) is 11.8 Å². The van der Waals surface area contributed by atoms with Gasteiger partial charge in [-0.1, -0.05) is 80.9 Å². The maximum absolute atomic E-state index is 13.4. The summed E-state index contributed by atoms with van der Waals surface area (Å²) in [6, 6.07) is 24.7. The summed E-state index contributed by atoms with van der Waals surface area (Å²) in [6.45, 7) is 8.44. The second kappa shape index (κ2) is 7.88. The average molecular weight is 411 g/mol. The van der Waals surface area contributed by atoms with Gasteiger partial charge in [0, 0.05) is 5.69 Å². The van der Waals surface area contributed by atoms with Crippen molar-refractivity contribution in [1.82, 2.24) is 0 Å². The van der Waals surface area contributed by atoms with Gasteiger partial charge >= 0.3 is 0 Å². The van der Waals surface area contributed by atoms with Crippen molar-refractivity contribution in [2.45, 2.75) is 33.1 Å². The van der Waals surface area contributed by atoms with Gasteiger partial charge < -0.3 is 5.32 Å². The standard InChI is InChI=1S/C27H26N2O2/c1-18-10-16-22(17-11-18)29-25(30)23(19-8-6-5-7-9-19)24(26(29)31)28-21-14-12-20(13-15-21)27(2,3)4/h5-17,28H,1-4H3. The van der Waals surface area contributed by atoms with Crippen molar-refractivity contribution >= 4 is 28.8 Å². The highest BCUT2D eigenvalue weighted by molar-refractivity contribution is 6.46. The monoisotopic (exact) mass is 410 g/mol. The number of anilines is 2. The van der Waals surface area contributed by atoms with E-state index in [-0.39, 0.29) is 17.2 Å². The Morgan fingerprint density at radius 2 is 1.35 bits per heavy atom. The van der Waals surface area contributed by atoms with E-state index in [4.69, 9.17) is 0 Å². The molecule has 0 atom stereocenters. The van der Waals surface area contributed by atoms with Crippen molar-refractivity contribution in [2.24, 2.45) is 0 Å². The normalized spacial score (nSPS) is 14.4. The molecule has 31 heavy (non-hydrogen) atoms. The molecule has 0 saturated heterocycles. The lowest BCUT2D eigenvalue weighted by Crippen LogP contribution is -2.32. The van der Waals surface area contributed by atoms with Gasteiger partial charge in [0.15, 0.2) is 0 Å². The van der Waals surface area contributed by atoms with Gasteiger partial charge in [0.25, 0.3) is 11.8 Å². The lowest BCUT2D eigenvalue weighted by molar-refractivity contribution is -0.120. The number of nitrogens with zero attached hydrogens (tertiary/aromatic N) is 1. The van der Waals surface area contributed by atoms with Crippen LogP contribution < -0.4 is 10.2 Å². The highest BCUT2D eigenvalue weighted by atomic mass is 16.2. The number of benzene rings is 3. The quantitative estimate of drug-likeness (QED) is 0.562. The van der Waals surface area contributed by atoms with Crippen LogP contribution in [0.1, 0.15) is 37.5 Å². The summed E-state index contributed by atoms with van der Waals surface area (Å²) in [5, 5.41) is 3.23. The van der Waals surface area contributed by atoms with E-state index in [0.29, 0.717) is 22.5 Å². The van der Waals surface area contributed by atoms with E-state index in [0.717, 1.165) is 11.3 Å². The number of carbonyl (C=O) groups excluding carboxylic acids is 2. The molecule has 0 saturated carbocycles. The number of carbonyl (C=O) groups is 2. The third-order valence-corrected chi connectivity index (χ3v) is 5.46. The SMILES string of the molecule is Cc1ccc(N2C(=O)C(Nc3ccc(C(C)(C)C)cc3)=C(c3ccccc3)C2=O)cc1. The van der Waals surface area contributed by atoms with Gasteiger partial charge in [0.1, 0.15) is 5.70 Å². The van der Waals surface area contributed by atoms with Gasteiger partial charge in [0.05, 0.1) is 11.3 Å². The van der Waals surface area contributed by atoms with E-state index in [9.17, 15) is 9.59 Å². The lowest BCUT2D eigenvalue weighted by Gasteiger charge is -2.19. The van der Waals surface area contributed by atoms with Crippen LogP contribution in [0.15, 0.2) is 84.6 Å². The minimum atomic E-state index is -0.354. The van der Waals surface area contributed by atoms with Crippen molar-refractivity contribution in [1.29, 1.82) is 0 Å². The maximum Gasteiger partial charge on any atom is 0.282 e. The summed E-state index contributed by atoms with van der Waals surface area (Å²) in [5.74, 6) is -0.679. The van der Waals surface area contributed by atoms with Gasteiger partial charge in [-0.2, -0.15) is 0 Å². The molecule has 1 aliphatic heterocycles. The molecule has 1 aliphatic rings. The van der Waals surface area contributed by atoms with Crippen molar-refractivity contribution in [3.8, 4) is 0 Å². The van der Waals surface area contributed by atoms with Crippen molar-refractivity contribution in [3.05, 3.63) is 101 Å². The van der Waals surface area contributed by atoms with Crippen molar-refractivity contribution in [2.75, 3.05) is 10.2 Å². The first-order chi connectivity index (χ1) is 14.8. The summed E-state index contributed by atoms with van der Waals surface area (Å²) in [7, 11) is 0. The zero-order chi connectivity index (χ0) is 22.2. The number of amides is 2. The van der Waals surface area contributed by atoms with E-state index in [1.807, 2.05) is 73.7 Å². The first kappa shape index (κ1) is 20.6. The molecule has 0 aromatic heterocycles. The molecule has 156 valence electrons. The molecule has 4 nitrogen and oxygen atoms in total. The number of hydrogen-bond donors (Lipinski definition) is 1. The maximum atomic E-state index is 13.4. The van der Waals surface area contributed by atoms with Crippen molar-refractivity contribution < 1.29 is 9.59 Å². The van der Waals surface area contributed by atoms with Crippen LogP contribution in [0.25, 0.3) is 5.57 Å². The summed E-state index contributed by atoms with van der Waals surface area (Å²) in [6.07, 6.45) is 0. The van der Waals surface area contributed by atoms with Crippen LogP contribution >= 0.6 is 0 Å². The van der Waals surface area contributed by atoms with Gasteiger partial charge in [-0.3, -0.25) is 9.59 Å². The van der Waals surface area contributed by atoms with E-state index < -0.39 is 0 Å². The summed E-state index contributed by atoms with van der Waals surface area (Å²) < 4.78 is 0. The van der Waals surface area contributed by atoms with Gasteiger partial charge in [-0.15, -0.1) is 0 Å². The minimum Gasteiger partial charge on any atom is -0.350 e. The zero-order valence-corrected chi connectivity index (χ0v) is 18.3. The Morgan fingerprint density at radius 3 is 1.94 bits per heavy atom. The summed E-state index contributed by atoms with van der Waals surface area (Å²) in [4.78, 5) is 28.0. The third-order valence-electron chi connectivity index (χ3n) is 5.46. The van der Waals surface area contributed by atoms with E-state index in [1.54, 1.807) is 12.1 Å². The Kier molecular flexibility index (Phi) is 5.24. The molecule has 3 aromatic carbocycles. The third kappa shape index (κ3) is 4.02. The van der Waals surface area contributed by atoms with Crippen LogP contribution in [0.3, 0.4) is 0 Å². The molecule has 4 heteroatoms. The van der Waals surface area contributed by atoms with Gasteiger partial charge in [-0.05, 0) is 47.7 Å². The largest absolute Gasteiger partial charge is 0.350 e. The average Bonchev–Trinajstić information content (AvgIpc) is 2.99. The molecule has 2 amide bonds. The molecule has 3 aromatic rings. The highest BCUT2D eigenvalue weighted by Gasteiger charge is 2.40. The van der Waals surface area contributed by atoms with Crippen LogP contribution in [0.5, 0.6) is 0 Å². The second-order valence-electron chi connectivity index (χ2n) is 8.85. The fraction of sp³-hybridized carbons (Fsp3) is 0.185. The van der Waals surface area contributed by atoms with E-state index in [1.165, 1.54) is 10.5 Å². The van der Waals surface area contributed by atoms with Gasteiger partial charge in [-0.25, -0.2) is 4.90 Å². The minimum absolute atomic E-state index is 0.0361. The van der Waals surface area contributed by atoms with Crippen molar-refractivity contribution in [3.63, 3.8) is 0 Å². The lowest BCUT2D eigenvalue weighted by atomic mass is 9.87. The Hall–Kier alpha value is -3.66. The Bertz CT molecular complexity index is 1150. The molecule has 4 rings (SSSR count). The first-order valence-corrected chi connectivity index (χ1v) is 10.4. The molecule has 0 bridgehead atoms. The second-order valence-corrected chi connectivity index (χ2v) is 8.85. The van der Waals surface area contributed by atoms with E-state index in [2.05, 4.69) is 26.1 Å². The molecule has 0 radical (unpaired) electrons. The predicted octanol–water partition coefficient (Wildman–Crippen LogP) is 5.69. The van der Waals surface area contributed by atoms with Crippen LogP contribution in [0.4, 0.5) is 11.4 Å². The molecule has 1 N–H and O–H groups in total.